The van der Waals surface area contributed by atoms with Gasteiger partial charge in [0.15, 0.2) is 17.8 Å². The van der Waals surface area contributed by atoms with Crippen LogP contribution in [-0.4, -0.2) is 6.17 Å². The van der Waals surface area contributed by atoms with E-state index in [9.17, 15) is 13.2 Å². The normalized spacial score (nSPS) is 28.7. The van der Waals surface area contributed by atoms with E-state index in [0.29, 0.717) is 11.5 Å². The molecule has 1 atom stereocenters. The van der Waals surface area contributed by atoms with Gasteiger partial charge < -0.3 is 0 Å². The fourth-order valence-corrected chi connectivity index (χ4v) is 3.79. The van der Waals surface area contributed by atoms with Crippen LogP contribution >= 0.6 is 0 Å². The molecular formula is C20H23F3. The standard InChI is InChI=1S/C20H23F3/c1-2-13-3-5-14(6-4-13)15-7-9-16(10-8-15)17-11-18(21)20(23)19(22)12-17/h7-11,13-14,19H,2-6,12H2,1H3. The molecule has 0 amide bonds. The zero-order valence-electron chi connectivity index (χ0n) is 13.5. The van der Waals surface area contributed by atoms with E-state index in [4.69, 9.17) is 0 Å². The van der Waals surface area contributed by atoms with E-state index in [2.05, 4.69) is 19.1 Å². The third kappa shape index (κ3) is 3.54. The predicted octanol–water partition coefficient (Wildman–Crippen LogP) is 6.65. The minimum absolute atomic E-state index is 0.0970. The number of halogens is 3. The molecule has 124 valence electrons. The molecule has 0 aromatic heterocycles. The summed E-state index contributed by atoms with van der Waals surface area (Å²) in [6.45, 7) is 2.26. The Bertz CT molecular complexity index is 604. The summed E-state index contributed by atoms with van der Waals surface area (Å²) in [7, 11) is 0. The minimum atomic E-state index is -1.86. The van der Waals surface area contributed by atoms with Gasteiger partial charge in [-0.05, 0) is 60.3 Å². The lowest BCUT2D eigenvalue weighted by atomic mass is 9.77. The van der Waals surface area contributed by atoms with Crippen molar-refractivity contribution in [3.63, 3.8) is 0 Å². The fraction of sp³-hybridized carbons (Fsp3) is 0.500. The lowest BCUT2D eigenvalue weighted by Gasteiger charge is -2.28. The monoisotopic (exact) mass is 320 g/mol. The zero-order chi connectivity index (χ0) is 16.4. The molecular weight excluding hydrogens is 297 g/mol. The molecule has 0 nitrogen and oxygen atoms in total. The predicted molar refractivity (Wildman–Crippen MR) is 88.2 cm³/mol. The quantitative estimate of drug-likeness (QED) is 0.585. The van der Waals surface area contributed by atoms with Gasteiger partial charge in [0.05, 0.1) is 0 Å². The van der Waals surface area contributed by atoms with E-state index in [-0.39, 0.29) is 6.42 Å². The summed E-state index contributed by atoms with van der Waals surface area (Å²) in [5, 5.41) is 0. The van der Waals surface area contributed by atoms with E-state index < -0.39 is 17.8 Å². The van der Waals surface area contributed by atoms with Crippen LogP contribution in [0, 0.1) is 5.92 Å². The molecule has 1 aromatic rings. The van der Waals surface area contributed by atoms with Crippen molar-refractivity contribution in [2.45, 2.75) is 57.5 Å². The van der Waals surface area contributed by atoms with Gasteiger partial charge in [0.25, 0.3) is 0 Å². The number of hydrogen-bond acceptors (Lipinski definition) is 0. The summed E-state index contributed by atoms with van der Waals surface area (Å²) in [6, 6.07) is 7.95. The van der Waals surface area contributed by atoms with Crippen LogP contribution in [0.1, 0.15) is 62.5 Å². The van der Waals surface area contributed by atoms with Gasteiger partial charge in [0, 0.05) is 6.42 Å². The number of rotatable bonds is 3. The SMILES string of the molecule is CCC1CCC(c2ccc(C3=CC(F)=C(F)C(F)C3)cc2)CC1. The van der Waals surface area contributed by atoms with Crippen LogP contribution in [0.3, 0.4) is 0 Å². The highest BCUT2D eigenvalue weighted by Crippen LogP contribution is 2.38. The van der Waals surface area contributed by atoms with Gasteiger partial charge in [0.2, 0.25) is 0 Å². The molecule has 0 spiro atoms. The second-order valence-corrected chi connectivity index (χ2v) is 6.79. The van der Waals surface area contributed by atoms with Crippen molar-refractivity contribution < 1.29 is 13.2 Å². The molecule has 0 saturated heterocycles. The van der Waals surface area contributed by atoms with Gasteiger partial charge in [-0.1, -0.05) is 37.6 Å². The van der Waals surface area contributed by atoms with Crippen molar-refractivity contribution in [1.29, 1.82) is 0 Å². The second kappa shape index (κ2) is 6.94. The molecule has 0 radical (unpaired) electrons. The van der Waals surface area contributed by atoms with Crippen molar-refractivity contribution in [1.82, 2.24) is 0 Å². The Labute approximate surface area is 136 Å². The molecule has 1 aromatic carbocycles. The summed E-state index contributed by atoms with van der Waals surface area (Å²) in [4.78, 5) is 0. The molecule has 23 heavy (non-hydrogen) atoms. The topological polar surface area (TPSA) is 0 Å². The Kier molecular flexibility index (Phi) is 4.93. The van der Waals surface area contributed by atoms with Gasteiger partial charge in [-0.25, -0.2) is 13.2 Å². The first-order valence-corrected chi connectivity index (χ1v) is 8.58. The maximum atomic E-state index is 13.5. The van der Waals surface area contributed by atoms with Crippen LogP contribution in [-0.2, 0) is 0 Å². The zero-order valence-corrected chi connectivity index (χ0v) is 13.5. The highest BCUT2D eigenvalue weighted by atomic mass is 19.2. The first kappa shape index (κ1) is 16.4. The molecule has 0 N–H and O–H groups in total. The molecule has 2 aliphatic carbocycles. The highest BCUT2D eigenvalue weighted by molar-refractivity contribution is 5.70. The summed E-state index contributed by atoms with van der Waals surface area (Å²) < 4.78 is 40.0. The summed E-state index contributed by atoms with van der Waals surface area (Å²) in [5.74, 6) is -0.905. The smallest absolute Gasteiger partial charge is 0.170 e. The number of alkyl halides is 1. The molecule has 0 bridgehead atoms. The minimum Gasteiger partial charge on any atom is -0.239 e. The van der Waals surface area contributed by atoms with Gasteiger partial charge in [0.1, 0.15) is 0 Å². The van der Waals surface area contributed by atoms with Gasteiger partial charge in [-0.2, -0.15) is 0 Å². The summed E-state index contributed by atoms with van der Waals surface area (Å²) >= 11 is 0. The Morgan fingerprint density at radius 3 is 2.22 bits per heavy atom. The fourth-order valence-electron chi connectivity index (χ4n) is 3.79. The molecule has 1 saturated carbocycles. The maximum Gasteiger partial charge on any atom is 0.170 e. The third-order valence-electron chi connectivity index (χ3n) is 5.38. The molecule has 1 fully saturated rings. The molecule has 3 heteroatoms. The molecule has 2 aliphatic rings. The molecule has 0 heterocycles. The second-order valence-electron chi connectivity index (χ2n) is 6.79. The highest BCUT2D eigenvalue weighted by Gasteiger charge is 2.25. The number of hydrogen-bond donors (Lipinski definition) is 0. The van der Waals surface area contributed by atoms with Crippen molar-refractivity contribution in [3.05, 3.63) is 53.1 Å². The Balaban J connectivity index is 1.72. The van der Waals surface area contributed by atoms with Crippen LogP contribution in [0.5, 0.6) is 0 Å². The Hall–Kier alpha value is -1.51. The van der Waals surface area contributed by atoms with Crippen LogP contribution in [0.4, 0.5) is 13.2 Å². The summed E-state index contributed by atoms with van der Waals surface area (Å²) in [6.07, 6.45) is 5.43. The molecule has 1 unspecified atom stereocenters. The Morgan fingerprint density at radius 1 is 1.00 bits per heavy atom. The lowest BCUT2D eigenvalue weighted by molar-refractivity contribution is 0.314. The van der Waals surface area contributed by atoms with Crippen LogP contribution < -0.4 is 0 Å². The van der Waals surface area contributed by atoms with Gasteiger partial charge in [-0.15, -0.1) is 0 Å². The van der Waals surface area contributed by atoms with E-state index in [1.54, 1.807) is 0 Å². The molecule has 3 rings (SSSR count). The van der Waals surface area contributed by atoms with Crippen molar-refractivity contribution in [2.75, 3.05) is 0 Å². The van der Waals surface area contributed by atoms with Crippen molar-refractivity contribution in [3.8, 4) is 0 Å². The Morgan fingerprint density at radius 2 is 1.65 bits per heavy atom. The summed E-state index contributed by atoms with van der Waals surface area (Å²) in [5.41, 5.74) is 2.61. The van der Waals surface area contributed by atoms with E-state index in [1.807, 2.05) is 12.1 Å². The first-order chi connectivity index (χ1) is 11.1. The number of benzene rings is 1. The van der Waals surface area contributed by atoms with Crippen LogP contribution in [0.2, 0.25) is 0 Å². The van der Waals surface area contributed by atoms with Crippen molar-refractivity contribution >= 4 is 5.57 Å². The average Bonchev–Trinajstić information content (AvgIpc) is 2.59. The van der Waals surface area contributed by atoms with Crippen LogP contribution in [0.25, 0.3) is 5.57 Å². The molecule has 0 aliphatic heterocycles. The van der Waals surface area contributed by atoms with E-state index in [0.717, 1.165) is 17.6 Å². The van der Waals surface area contributed by atoms with E-state index in [1.165, 1.54) is 37.7 Å². The average molecular weight is 320 g/mol. The largest absolute Gasteiger partial charge is 0.239 e. The first-order valence-electron chi connectivity index (χ1n) is 8.58. The third-order valence-corrected chi connectivity index (χ3v) is 5.38. The lowest BCUT2D eigenvalue weighted by Crippen LogP contribution is -2.12. The van der Waals surface area contributed by atoms with Crippen LogP contribution in [0.15, 0.2) is 42.0 Å². The van der Waals surface area contributed by atoms with Crippen molar-refractivity contribution in [2.24, 2.45) is 5.92 Å². The van der Waals surface area contributed by atoms with E-state index >= 15 is 0 Å². The van der Waals surface area contributed by atoms with Gasteiger partial charge in [-0.3, -0.25) is 0 Å². The van der Waals surface area contributed by atoms with Gasteiger partial charge >= 0.3 is 0 Å². The maximum absolute atomic E-state index is 13.5. The number of allylic oxidation sites excluding steroid dienone is 4.